The summed E-state index contributed by atoms with van der Waals surface area (Å²) in [6.45, 7) is 1.99. The predicted molar refractivity (Wildman–Crippen MR) is 92.6 cm³/mol. The summed E-state index contributed by atoms with van der Waals surface area (Å²) in [5, 5.41) is 0. The van der Waals surface area contributed by atoms with Gasteiger partial charge in [-0.05, 0) is 48.4 Å². The van der Waals surface area contributed by atoms with Gasteiger partial charge in [-0.3, -0.25) is 0 Å². The third-order valence-electron chi connectivity index (χ3n) is 3.32. The Balaban J connectivity index is 2.27. The largest absolute Gasteiger partial charge is 0.345 e. The molecular formula is C20H19N. The minimum atomic E-state index is 1.05. The van der Waals surface area contributed by atoms with Crippen molar-refractivity contribution in [2.24, 2.45) is 0 Å². The molecular weight excluding hydrogens is 254 g/mol. The van der Waals surface area contributed by atoms with E-state index in [9.17, 15) is 0 Å². The first-order valence-corrected chi connectivity index (χ1v) is 6.94. The van der Waals surface area contributed by atoms with Crippen LogP contribution in [0.5, 0.6) is 0 Å². The molecule has 0 aliphatic rings. The van der Waals surface area contributed by atoms with Crippen LogP contribution in [0.15, 0.2) is 72.8 Å². The summed E-state index contributed by atoms with van der Waals surface area (Å²) in [7, 11) is 2.06. The van der Waals surface area contributed by atoms with E-state index in [0.29, 0.717) is 0 Å². The van der Waals surface area contributed by atoms with Crippen molar-refractivity contribution in [1.82, 2.24) is 0 Å². The number of allylic oxidation sites excluding steroid dienone is 4. The number of anilines is 2. The first-order valence-electron chi connectivity index (χ1n) is 6.94. The molecule has 0 aliphatic carbocycles. The molecule has 0 unspecified atom stereocenters. The topological polar surface area (TPSA) is 3.24 Å². The Morgan fingerprint density at radius 2 is 1.62 bits per heavy atom. The van der Waals surface area contributed by atoms with Crippen LogP contribution in [0.4, 0.5) is 11.4 Å². The number of para-hydroxylation sites is 1. The zero-order chi connectivity index (χ0) is 15.1. The lowest BCUT2D eigenvalue weighted by Crippen LogP contribution is -2.08. The summed E-state index contributed by atoms with van der Waals surface area (Å²) in [6.07, 6.45) is 11.2. The number of nitrogens with zero attached hydrogens (tertiary/aromatic N) is 1. The van der Waals surface area contributed by atoms with Crippen LogP contribution in [0.25, 0.3) is 5.57 Å². The number of terminal acetylenes is 1. The Labute approximate surface area is 127 Å². The van der Waals surface area contributed by atoms with Gasteiger partial charge in [0.25, 0.3) is 0 Å². The number of benzene rings is 2. The van der Waals surface area contributed by atoms with Gasteiger partial charge in [-0.15, -0.1) is 6.42 Å². The Morgan fingerprint density at radius 3 is 2.19 bits per heavy atom. The van der Waals surface area contributed by atoms with Crippen LogP contribution in [0, 0.1) is 12.3 Å². The highest BCUT2D eigenvalue weighted by Crippen LogP contribution is 2.25. The van der Waals surface area contributed by atoms with E-state index in [1.54, 1.807) is 6.08 Å². The van der Waals surface area contributed by atoms with E-state index in [-0.39, 0.29) is 0 Å². The smallest absolute Gasteiger partial charge is 0.0408 e. The van der Waals surface area contributed by atoms with Gasteiger partial charge < -0.3 is 4.90 Å². The summed E-state index contributed by atoms with van der Waals surface area (Å²) in [4.78, 5) is 2.16. The van der Waals surface area contributed by atoms with Gasteiger partial charge in [-0.2, -0.15) is 0 Å². The number of rotatable bonds is 4. The molecule has 0 amide bonds. The third kappa shape index (κ3) is 3.64. The molecule has 0 saturated carbocycles. The van der Waals surface area contributed by atoms with Gasteiger partial charge in [0.15, 0.2) is 0 Å². The second-order valence-electron chi connectivity index (χ2n) is 4.71. The van der Waals surface area contributed by atoms with Crippen molar-refractivity contribution in [3.63, 3.8) is 0 Å². The molecule has 0 spiro atoms. The predicted octanol–water partition coefficient (Wildman–Crippen LogP) is 5.05. The summed E-state index contributed by atoms with van der Waals surface area (Å²) >= 11 is 0. The molecule has 0 N–H and O–H groups in total. The molecule has 0 fully saturated rings. The van der Waals surface area contributed by atoms with Gasteiger partial charge in [0.05, 0.1) is 0 Å². The number of hydrogen-bond acceptors (Lipinski definition) is 1. The summed E-state index contributed by atoms with van der Waals surface area (Å²) in [5.74, 6) is 2.59. The van der Waals surface area contributed by atoms with E-state index in [1.165, 1.54) is 0 Å². The zero-order valence-electron chi connectivity index (χ0n) is 12.5. The fraction of sp³-hybridized carbons (Fsp3) is 0.100. The van der Waals surface area contributed by atoms with Crippen molar-refractivity contribution >= 4 is 16.9 Å². The first-order chi connectivity index (χ1) is 10.3. The van der Waals surface area contributed by atoms with Gasteiger partial charge in [0.2, 0.25) is 0 Å². The average molecular weight is 273 g/mol. The average Bonchev–Trinajstić information content (AvgIpc) is 2.55. The maximum absolute atomic E-state index is 5.38. The van der Waals surface area contributed by atoms with Crippen LogP contribution in [-0.4, -0.2) is 7.05 Å². The maximum atomic E-state index is 5.38. The van der Waals surface area contributed by atoms with Crippen molar-refractivity contribution in [3.8, 4) is 12.3 Å². The fourth-order valence-corrected chi connectivity index (χ4v) is 2.18. The lowest BCUT2D eigenvalue weighted by molar-refractivity contribution is 1.21. The number of hydrogen-bond donors (Lipinski definition) is 0. The molecule has 2 aromatic carbocycles. The molecule has 0 radical (unpaired) electrons. The fourth-order valence-electron chi connectivity index (χ4n) is 2.18. The lowest BCUT2D eigenvalue weighted by Gasteiger charge is -2.19. The molecule has 1 nitrogen and oxygen atoms in total. The highest BCUT2D eigenvalue weighted by Gasteiger charge is 2.04. The Morgan fingerprint density at radius 1 is 1.00 bits per heavy atom. The quantitative estimate of drug-likeness (QED) is 0.556. The second kappa shape index (κ2) is 7.17. The van der Waals surface area contributed by atoms with E-state index in [4.69, 9.17) is 6.42 Å². The van der Waals surface area contributed by atoms with Crippen LogP contribution in [-0.2, 0) is 0 Å². The van der Waals surface area contributed by atoms with Gasteiger partial charge >= 0.3 is 0 Å². The molecule has 21 heavy (non-hydrogen) atoms. The molecule has 0 aromatic heterocycles. The standard InChI is InChI=1S/C20H19N/c1-4-9-17(10-5-2)18-13-15-20(16-14-18)21(3)19-11-7-6-8-12-19/h1,5-16H,2-3H3/b10-5-,17-9+. The van der Waals surface area contributed by atoms with Crippen molar-refractivity contribution in [2.45, 2.75) is 6.92 Å². The molecule has 1 heteroatoms. The van der Waals surface area contributed by atoms with Crippen LogP contribution < -0.4 is 4.90 Å². The van der Waals surface area contributed by atoms with Gasteiger partial charge in [-0.25, -0.2) is 0 Å². The third-order valence-corrected chi connectivity index (χ3v) is 3.32. The van der Waals surface area contributed by atoms with Crippen molar-refractivity contribution in [3.05, 3.63) is 78.4 Å². The lowest BCUT2D eigenvalue weighted by atomic mass is 10.0. The Kier molecular flexibility index (Phi) is 5.01. The van der Waals surface area contributed by atoms with Crippen molar-refractivity contribution in [2.75, 3.05) is 11.9 Å². The van der Waals surface area contributed by atoms with Crippen molar-refractivity contribution in [1.29, 1.82) is 0 Å². The molecule has 104 valence electrons. The Hall–Kier alpha value is -2.72. The van der Waals surface area contributed by atoms with Crippen LogP contribution in [0.3, 0.4) is 0 Å². The molecule has 0 saturated heterocycles. The van der Waals surface area contributed by atoms with E-state index < -0.39 is 0 Å². The molecule has 2 rings (SSSR count). The molecule has 0 aliphatic heterocycles. The second-order valence-corrected chi connectivity index (χ2v) is 4.71. The summed E-state index contributed by atoms with van der Waals surface area (Å²) < 4.78 is 0. The van der Waals surface area contributed by atoms with E-state index >= 15 is 0 Å². The van der Waals surface area contributed by atoms with Crippen LogP contribution in [0.2, 0.25) is 0 Å². The molecule has 0 bridgehead atoms. The van der Waals surface area contributed by atoms with Crippen LogP contribution >= 0.6 is 0 Å². The normalized spacial score (nSPS) is 11.4. The maximum Gasteiger partial charge on any atom is 0.0408 e. The van der Waals surface area contributed by atoms with E-state index in [0.717, 1.165) is 22.5 Å². The monoisotopic (exact) mass is 273 g/mol. The van der Waals surface area contributed by atoms with Gasteiger partial charge in [0, 0.05) is 18.4 Å². The van der Waals surface area contributed by atoms with E-state index in [2.05, 4.69) is 54.3 Å². The Bertz CT molecular complexity index is 670. The molecule has 0 heterocycles. The highest BCUT2D eigenvalue weighted by atomic mass is 15.1. The summed E-state index contributed by atoms with van der Waals surface area (Å²) in [5.41, 5.74) is 4.48. The van der Waals surface area contributed by atoms with Crippen LogP contribution in [0.1, 0.15) is 12.5 Å². The zero-order valence-corrected chi connectivity index (χ0v) is 12.5. The van der Waals surface area contributed by atoms with E-state index in [1.807, 2.05) is 37.3 Å². The van der Waals surface area contributed by atoms with Gasteiger partial charge in [0.1, 0.15) is 0 Å². The summed E-state index contributed by atoms with van der Waals surface area (Å²) in [6, 6.07) is 18.7. The van der Waals surface area contributed by atoms with Crippen molar-refractivity contribution < 1.29 is 0 Å². The molecule has 0 atom stereocenters. The SMILES string of the molecule is C#C/C=C(\C=C/C)c1ccc(N(C)c2ccccc2)cc1. The van der Waals surface area contributed by atoms with Gasteiger partial charge in [-0.1, -0.05) is 48.4 Å². The minimum Gasteiger partial charge on any atom is -0.345 e. The molecule has 2 aromatic rings. The highest BCUT2D eigenvalue weighted by molar-refractivity contribution is 5.77. The minimum absolute atomic E-state index is 1.05. The first kappa shape index (κ1) is 14.7.